The van der Waals surface area contributed by atoms with Crippen molar-refractivity contribution in [1.29, 1.82) is 0 Å². The highest BCUT2D eigenvalue weighted by molar-refractivity contribution is 5.72. The molecule has 0 N–H and O–H groups in total. The molecule has 1 saturated heterocycles. The number of imidazole rings is 1. The summed E-state index contributed by atoms with van der Waals surface area (Å²) in [5, 5.41) is 0. The summed E-state index contributed by atoms with van der Waals surface area (Å²) >= 11 is 0. The molecule has 7 nitrogen and oxygen atoms in total. The smallest absolute Gasteiger partial charge is 0.337 e. The van der Waals surface area contributed by atoms with Gasteiger partial charge in [0.05, 0.1) is 24.7 Å². The van der Waals surface area contributed by atoms with Crippen molar-refractivity contribution in [3.05, 3.63) is 92.9 Å². The molecule has 0 spiro atoms. The number of aromatic nitrogens is 4. The van der Waals surface area contributed by atoms with Gasteiger partial charge < -0.3 is 9.30 Å². The van der Waals surface area contributed by atoms with E-state index in [-0.39, 0.29) is 29.3 Å². The van der Waals surface area contributed by atoms with Crippen molar-refractivity contribution in [2.24, 2.45) is 0 Å². The Morgan fingerprint density at radius 1 is 1.03 bits per heavy atom. The van der Waals surface area contributed by atoms with Gasteiger partial charge in [-0.3, -0.25) is 9.36 Å². The Labute approximate surface area is 198 Å². The number of rotatable bonds is 5. The largest absolute Gasteiger partial charge is 0.376 e. The van der Waals surface area contributed by atoms with Gasteiger partial charge in [0.2, 0.25) is 0 Å². The first-order chi connectivity index (χ1) is 16.3. The van der Waals surface area contributed by atoms with Gasteiger partial charge in [0, 0.05) is 13.2 Å². The Hall–Kier alpha value is -3.45. The molecule has 176 valence electrons. The van der Waals surface area contributed by atoms with Gasteiger partial charge in [0.1, 0.15) is 0 Å². The van der Waals surface area contributed by atoms with Crippen molar-refractivity contribution in [3.8, 4) is 5.69 Å². The van der Waals surface area contributed by atoms with Crippen LogP contribution in [0.5, 0.6) is 0 Å². The Kier molecular flexibility index (Phi) is 5.73. The third-order valence-electron chi connectivity index (χ3n) is 6.50. The zero-order valence-electron chi connectivity index (χ0n) is 19.9. The summed E-state index contributed by atoms with van der Waals surface area (Å²) in [7, 11) is 0. The lowest BCUT2D eigenvalue weighted by Gasteiger charge is -2.19. The lowest BCUT2D eigenvalue weighted by molar-refractivity contribution is 0.0950. The maximum Gasteiger partial charge on any atom is 0.337 e. The molecular formula is C27H30N4O3. The molecular weight excluding hydrogens is 428 g/mol. The Balaban J connectivity index is 1.64. The molecule has 1 aliphatic rings. The van der Waals surface area contributed by atoms with Crippen LogP contribution in [-0.4, -0.2) is 31.4 Å². The summed E-state index contributed by atoms with van der Waals surface area (Å²) in [5.74, 6) is 0. The third-order valence-corrected chi connectivity index (χ3v) is 6.50. The van der Waals surface area contributed by atoms with Crippen molar-refractivity contribution < 1.29 is 4.74 Å². The van der Waals surface area contributed by atoms with Gasteiger partial charge >= 0.3 is 5.69 Å². The van der Waals surface area contributed by atoms with Gasteiger partial charge in [-0.25, -0.2) is 14.3 Å². The van der Waals surface area contributed by atoms with Crippen LogP contribution < -0.4 is 11.2 Å². The average Bonchev–Trinajstić information content (AvgIpc) is 3.48. The highest BCUT2D eigenvalue weighted by Crippen LogP contribution is 2.23. The lowest BCUT2D eigenvalue weighted by Crippen LogP contribution is -2.42. The summed E-state index contributed by atoms with van der Waals surface area (Å²) in [5.41, 5.74) is 3.14. The van der Waals surface area contributed by atoms with Crippen molar-refractivity contribution >= 4 is 11.2 Å². The molecule has 2 aromatic carbocycles. The van der Waals surface area contributed by atoms with E-state index in [4.69, 9.17) is 4.74 Å². The molecule has 4 aromatic rings. The number of hydrogen-bond acceptors (Lipinski definition) is 4. The van der Waals surface area contributed by atoms with Crippen LogP contribution in [-0.2, 0) is 23.2 Å². The van der Waals surface area contributed by atoms with Crippen LogP contribution in [0.25, 0.3) is 16.9 Å². The molecule has 0 amide bonds. The van der Waals surface area contributed by atoms with Gasteiger partial charge in [-0.05, 0) is 41.5 Å². The zero-order chi connectivity index (χ0) is 23.9. The normalized spacial score (nSPS) is 16.4. The van der Waals surface area contributed by atoms with E-state index in [1.165, 1.54) is 14.7 Å². The molecule has 0 unspecified atom stereocenters. The van der Waals surface area contributed by atoms with Crippen molar-refractivity contribution in [2.75, 3.05) is 6.61 Å². The molecule has 1 aliphatic heterocycles. The van der Waals surface area contributed by atoms with Gasteiger partial charge in [-0.15, -0.1) is 0 Å². The van der Waals surface area contributed by atoms with Gasteiger partial charge in [-0.2, -0.15) is 0 Å². The standard InChI is InChI=1S/C27H30N4O3/c1-27(2,3)20-13-11-19(12-14-20)16-29-18-28-24-23(29)25(32)30(17-22-10-7-15-34-22)26(33)31(24)21-8-5-4-6-9-21/h4-6,8-9,11-14,18,22H,7,10,15-17H2,1-3H3/t22-/m0/s1. The molecule has 0 bridgehead atoms. The first-order valence-electron chi connectivity index (χ1n) is 11.8. The molecule has 3 heterocycles. The summed E-state index contributed by atoms with van der Waals surface area (Å²) in [6.45, 7) is 7.95. The minimum Gasteiger partial charge on any atom is -0.376 e. The van der Waals surface area contributed by atoms with E-state index in [9.17, 15) is 9.59 Å². The molecule has 0 saturated carbocycles. The average molecular weight is 459 g/mol. The molecule has 34 heavy (non-hydrogen) atoms. The maximum atomic E-state index is 13.6. The van der Waals surface area contributed by atoms with Crippen LogP contribution in [0.4, 0.5) is 0 Å². The molecule has 7 heteroatoms. The summed E-state index contributed by atoms with van der Waals surface area (Å²) in [6, 6.07) is 17.8. The number of ether oxygens (including phenoxy) is 1. The second-order valence-electron chi connectivity index (χ2n) is 10.00. The highest BCUT2D eigenvalue weighted by Gasteiger charge is 2.23. The Bertz CT molecular complexity index is 1420. The van der Waals surface area contributed by atoms with E-state index in [2.05, 4.69) is 50.0 Å². The van der Waals surface area contributed by atoms with Crippen molar-refractivity contribution in [3.63, 3.8) is 0 Å². The predicted octanol–water partition coefficient (Wildman–Crippen LogP) is 3.87. The summed E-state index contributed by atoms with van der Waals surface area (Å²) < 4.78 is 10.4. The van der Waals surface area contributed by atoms with Crippen LogP contribution >= 0.6 is 0 Å². The van der Waals surface area contributed by atoms with E-state index in [0.29, 0.717) is 30.0 Å². The second-order valence-corrected chi connectivity index (χ2v) is 10.00. The Morgan fingerprint density at radius 3 is 2.41 bits per heavy atom. The molecule has 5 rings (SSSR count). The fourth-order valence-electron chi connectivity index (χ4n) is 4.57. The molecule has 0 radical (unpaired) electrons. The minimum atomic E-state index is -0.390. The first-order valence-corrected chi connectivity index (χ1v) is 11.8. The van der Waals surface area contributed by atoms with Gasteiger partial charge in [0.25, 0.3) is 5.56 Å². The summed E-state index contributed by atoms with van der Waals surface area (Å²) in [6.07, 6.45) is 3.30. The minimum absolute atomic E-state index is 0.0715. The summed E-state index contributed by atoms with van der Waals surface area (Å²) in [4.78, 5) is 31.6. The number of nitrogens with zero attached hydrogens (tertiary/aromatic N) is 4. The van der Waals surface area contributed by atoms with E-state index >= 15 is 0 Å². The maximum absolute atomic E-state index is 13.6. The number of benzene rings is 2. The van der Waals surface area contributed by atoms with E-state index < -0.39 is 0 Å². The number of hydrogen-bond donors (Lipinski definition) is 0. The monoisotopic (exact) mass is 458 g/mol. The SMILES string of the molecule is CC(C)(C)c1ccc(Cn2cnc3c2c(=O)n(C[C@@H]2CCCO2)c(=O)n3-c2ccccc2)cc1. The highest BCUT2D eigenvalue weighted by atomic mass is 16.5. The topological polar surface area (TPSA) is 71.1 Å². The van der Waals surface area contributed by atoms with E-state index in [1.807, 2.05) is 34.9 Å². The quantitative estimate of drug-likeness (QED) is 0.455. The fourth-order valence-corrected chi connectivity index (χ4v) is 4.57. The van der Waals surface area contributed by atoms with Gasteiger partial charge in [0.15, 0.2) is 11.2 Å². The lowest BCUT2D eigenvalue weighted by atomic mass is 9.87. The molecule has 1 atom stereocenters. The number of fused-ring (bicyclic) bond motifs is 1. The molecule has 1 fully saturated rings. The third kappa shape index (κ3) is 4.12. The molecule has 0 aliphatic carbocycles. The Morgan fingerprint density at radius 2 is 1.76 bits per heavy atom. The van der Waals surface area contributed by atoms with E-state index in [0.717, 1.165) is 18.4 Å². The van der Waals surface area contributed by atoms with Crippen LogP contribution in [0.1, 0.15) is 44.7 Å². The van der Waals surface area contributed by atoms with E-state index in [1.54, 1.807) is 6.33 Å². The first kappa shape index (κ1) is 22.3. The number of para-hydroxylation sites is 1. The van der Waals surface area contributed by atoms with Crippen LogP contribution in [0.2, 0.25) is 0 Å². The van der Waals surface area contributed by atoms with Crippen LogP contribution in [0.3, 0.4) is 0 Å². The van der Waals surface area contributed by atoms with Crippen molar-refractivity contribution in [1.82, 2.24) is 18.7 Å². The van der Waals surface area contributed by atoms with Gasteiger partial charge in [-0.1, -0.05) is 63.2 Å². The van der Waals surface area contributed by atoms with Crippen LogP contribution in [0.15, 0.2) is 70.5 Å². The predicted molar refractivity (Wildman–Crippen MR) is 133 cm³/mol. The second kappa shape index (κ2) is 8.72. The molecule has 2 aromatic heterocycles. The fraction of sp³-hybridized carbons (Fsp3) is 0.370. The zero-order valence-corrected chi connectivity index (χ0v) is 19.9. The van der Waals surface area contributed by atoms with Crippen LogP contribution in [0, 0.1) is 0 Å². The van der Waals surface area contributed by atoms with Crippen molar-refractivity contribution in [2.45, 2.75) is 58.2 Å².